The second kappa shape index (κ2) is 7.64. The molecule has 0 saturated carbocycles. The van der Waals surface area contributed by atoms with E-state index in [0.29, 0.717) is 0 Å². The van der Waals surface area contributed by atoms with Crippen LogP contribution in [0.5, 0.6) is 5.75 Å². The van der Waals surface area contributed by atoms with Crippen molar-refractivity contribution in [1.82, 2.24) is 5.32 Å². The normalized spacial score (nSPS) is 9.12. The molecule has 0 aromatic heterocycles. The highest BCUT2D eigenvalue weighted by Crippen LogP contribution is 2.10. The van der Waals surface area contributed by atoms with Gasteiger partial charge in [-0.1, -0.05) is 31.4 Å². The molecule has 2 heteroatoms. The average Bonchev–Trinajstić information content (AvgIpc) is 2.34. The summed E-state index contributed by atoms with van der Waals surface area (Å²) in [7, 11) is 1.67. The summed E-state index contributed by atoms with van der Waals surface area (Å²) in [5.74, 6) is 3.98. The highest BCUT2D eigenvalue weighted by molar-refractivity contribution is 5.27. The molecular formula is C14H19NO. The molecule has 2 nitrogen and oxygen atoms in total. The van der Waals surface area contributed by atoms with Crippen LogP contribution >= 0.6 is 0 Å². The van der Waals surface area contributed by atoms with Crippen LogP contribution in [0.15, 0.2) is 24.3 Å². The van der Waals surface area contributed by atoms with Crippen molar-refractivity contribution in [2.24, 2.45) is 0 Å². The molecule has 0 radical (unpaired) electrons. The van der Waals surface area contributed by atoms with Gasteiger partial charge in [0.1, 0.15) is 5.75 Å². The molecule has 1 rings (SSSR count). The molecule has 0 aliphatic carbocycles. The van der Waals surface area contributed by atoms with Gasteiger partial charge in [0.25, 0.3) is 0 Å². The Morgan fingerprint density at radius 1 is 1.25 bits per heavy atom. The van der Waals surface area contributed by atoms with Crippen LogP contribution in [-0.2, 0) is 6.54 Å². The first-order chi connectivity index (χ1) is 7.86. The number of unbranched alkanes of at least 4 members (excludes halogenated alkanes) is 2. The average molecular weight is 217 g/mol. The third-order valence-electron chi connectivity index (χ3n) is 2.28. The highest BCUT2D eigenvalue weighted by Gasteiger charge is 1.91. The maximum Gasteiger partial charge on any atom is 0.118 e. The second-order valence-electron chi connectivity index (χ2n) is 3.61. The molecule has 0 aliphatic heterocycles. The number of nitrogens with one attached hydrogen (secondary N) is 1. The van der Waals surface area contributed by atoms with Gasteiger partial charge in [0.2, 0.25) is 0 Å². The fourth-order valence-corrected chi connectivity index (χ4v) is 1.28. The quantitative estimate of drug-likeness (QED) is 0.465. The number of methoxy groups -OCH3 is 1. The lowest BCUT2D eigenvalue weighted by molar-refractivity contribution is 0.414. The van der Waals surface area contributed by atoms with Gasteiger partial charge < -0.3 is 10.1 Å². The maximum atomic E-state index is 5.09. The van der Waals surface area contributed by atoms with E-state index in [2.05, 4.69) is 24.2 Å². The molecule has 1 N–H and O–H groups in total. The van der Waals surface area contributed by atoms with Crippen molar-refractivity contribution >= 4 is 0 Å². The Bertz CT molecular complexity index is 345. The Balaban J connectivity index is 2.28. The van der Waals surface area contributed by atoms with Gasteiger partial charge in [0.05, 0.1) is 7.11 Å². The Morgan fingerprint density at radius 3 is 2.62 bits per heavy atom. The zero-order valence-corrected chi connectivity index (χ0v) is 10.0. The third kappa shape index (κ3) is 4.75. The van der Waals surface area contributed by atoms with Crippen molar-refractivity contribution in [3.63, 3.8) is 0 Å². The standard InChI is InChI=1S/C14H19NO/c1-3-4-5-6-11-15-12-13-7-9-14(16-2)10-8-13/h7-10,15H,3-5,12H2,1-2H3. The lowest BCUT2D eigenvalue weighted by atomic mass is 10.2. The molecule has 0 amide bonds. The summed E-state index contributed by atoms with van der Waals surface area (Å²) in [6.45, 7) is 2.95. The minimum absolute atomic E-state index is 0.781. The minimum atomic E-state index is 0.781. The molecule has 0 fully saturated rings. The fraction of sp³-hybridized carbons (Fsp3) is 0.429. The number of hydrogen-bond donors (Lipinski definition) is 1. The van der Waals surface area contributed by atoms with E-state index < -0.39 is 0 Å². The zero-order chi connectivity index (χ0) is 11.6. The molecule has 86 valence electrons. The lowest BCUT2D eigenvalue weighted by Gasteiger charge is -2.02. The first kappa shape index (κ1) is 12.4. The predicted octanol–water partition coefficient (Wildman–Crippen LogP) is 2.94. The number of rotatable bonds is 5. The molecule has 0 saturated heterocycles. The first-order valence-electron chi connectivity index (χ1n) is 5.70. The van der Waals surface area contributed by atoms with Crippen molar-refractivity contribution in [3.05, 3.63) is 29.8 Å². The van der Waals surface area contributed by atoms with Crippen molar-refractivity contribution in [2.45, 2.75) is 32.7 Å². The van der Waals surface area contributed by atoms with E-state index in [4.69, 9.17) is 4.74 Å². The molecule has 0 bridgehead atoms. The fourth-order valence-electron chi connectivity index (χ4n) is 1.28. The molecule has 0 atom stereocenters. The molecular weight excluding hydrogens is 198 g/mol. The molecule has 0 heterocycles. The monoisotopic (exact) mass is 217 g/mol. The van der Waals surface area contributed by atoms with E-state index in [1.54, 1.807) is 7.11 Å². The molecule has 0 unspecified atom stereocenters. The van der Waals surface area contributed by atoms with Crippen LogP contribution < -0.4 is 10.1 Å². The topological polar surface area (TPSA) is 21.3 Å². The van der Waals surface area contributed by atoms with Gasteiger partial charge in [0.15, 0.2) is 0 Å². The number of ether oxygens (including phenoxy) is 1. The molecule has 1 aromatic carbocycles. The first-order valence-corrected chi connectivity index (χ1v) is 5.70. The van der Waals surface area contributed by atoms with Gasteiger partial charge in [-0.15, -0.1) is 0 Å². The van der Waals surface area contributed by atoms with Crippen LogP contribution in [0.25, 0.3) is 0 Å². The van der Waals surface area contributed by atoms with E-state index in [-0.39, 0.29) is 0 Å². The van der Waals surface area contributed by atoms with E-state index in [0.717, 1.165) is 18.7 Å². The van der Waals surface area contributed by atoms with Crippen LogP contribution in [0.2, 0.25) is 0 Å². The maximum absolute atomic E-state index is 5.09. The van der Waals surface area contributed by atoms with Crippen molar-refractivity contribution < 1.29 is 4.74 Å². The molecule has 0 aliphatic rings. The van der Waals surface area contributed by atoms with Crippen LogP contribution in [0.3, 0.4) is 0 Å². The number of hydrogen-bond acceptors (Lipinski definition) is 2. The molecule has 0 spiro atoms. The molecule has 1 aromatic rings. The minimum Gasteiger partial charge on any atom is -0.497 e. The highest BCUT2D eigenvalue weighted by atomic mass is 16.5. The van der Waals surface area contributed by atoms with E-state index in [1.807, 2.05) is 24.3 Å². The Kier molecular flexibility index (Phi) is 5.95. The third-order valence-corrected chi connectivity index (χ3v) is 2.28. The van der Waals surface area contributed by atoms with Gasteiger partial charge in [-0.25, -0.2) is 0 Å². The molecule has 16 heavy (non-hydrogen) atoms. The van der Waals surface area contributed by atoms with E-state index >= 15 is 0 Å². The lowest BCUT2D eigenvalue weighted by Crippen LogP contribution is -2.04. The largest absolute Gasteiger partial charge is 0.497 e. The van der Waals surface area contributed by atoms with E-state index in [9.17, 15) is 0 Å². The van der Waals surface area contributed by atoms with Gasteiger partial charge in [0, 0.05) is 19.0 Å². The van der Waals surface area contributed by atoms with Gasteiger partial charge in [-0.3, -0.25) is 0 Å². The van der Waals surface area contributed by atoms with Crippen LogP contribution in [-0.4, -0.2) is 7.11 Å². The summed E-state index contributed by atoms with van der Waals surface area (Å²) in [6, 6.07) is 11.0. The van der Waals surface area contributed by atoms with Crippen LogP contribution in [0.1, 0.15) is 31.7 Å². The zero-order valence-electron chi connectivity index (χ0n) is 10.0. The predicted molar refractivity (Wildman–Crippen MR) is 67.1 cm³/mol. The Hall–Kier alpha value is -1.62. The van der Waals surface area contributed by atoms with Crippen molar-refractivity contribution in [3.8, 4) is 17.7 Å². The SMILES string of the molecule is CCCCC#CNCc1ccc(OC)cc1. The smallest absolute Gasteiger partial charge is 0.118 e. The summed E-state index contributed by atoms with van der Waals surface area (Å²) >= 11 is 0. The Labute approximate surface area is 98.0 Å². The summed E-state index contributed by atoms with van der Waals surface area (Å²) in [5, 5.41) is 3.10. The summed E-state index contributed by atoms with van der Waals surface area (Å²) in [6.07, 6.45) is 3.36. The summed E-state index contributed by atoms with van der Waals surface area (Å²) in [4.78, 5) is 0. The summed E-state index contributed by atoms with van der Waals surface area (Å²) < 4.78 is 5.09. The van der Waals surface area contributed by atoms with E-state index in [1.165, 1.54) is 18.4 Å². The van der Waals surface area contributed by atoms with Crippen molar-refractivity contribution in [1.29, 1.82) is 0 Å². The summed E-state index contributed by atoms with van der Waals surface area (Å²) in [5.41, 5.74) is 1.21. The van der Waals surface area contributed by atoms with Crippen molar-refractivity contribution in [2.75, 3.05) is 7.11 Å². The van der Waals surface area contributed by atoms with Crippen LogP contribution in [0, 0.1) is 12.0 Å². The second-order valence-corrected chi connectivity index (χ2v) is 3.61. The Morgan fingerprint density at radius 2 is 2.00 bits per heavy atom. The van der Waals surface area contributed by atoms with Gasteiger partial charge >= 0.3 is 0 Å². The van der Waals surface area contributed by atoms with Crippen LogP contribution in [0.4, 0.5) is 0 Å². The number of benzene rings is 1. The van der Waals surface area contributed by atoms with Gasteiger partial charge in [-0.05, 0) is 24.1 Å². The van der Waals surface area contributed by atoms with Gasteiger partial charge in [-0.2, -0.15) is 0 Å².